The third kappa shape index (κ3) is 1.43. The Morgan fingerprint density at radius 3 is 1.64 bits per heavy atom. The Morgan fingerprint density at radius 2 is 1.50 bits per heavy atom. The molecule has 0 aromatic rings. The first-order valence-electron chi connectivity index (χ1n) is 3.24. The number of hydrogen-bond donors (Lipinski definition) is 0. The second-order valence-electron chi connectivity index (χ2n) is 2.54. The molecule has 0 saturated carbocycles. The Morgan fingerprint density at radius 1 is 1.07 bits per heavy atom. The fourth-order valence-electron chi connectivity index (χ4n) is 0.884. The van der Waals surface area contributed by atoms with E-state index in [1.165, 1.54) is 0 Å². The third-order valence-electron chi connectivity index (χ3n) is 1.47. The Balaban J connectivity index is 3.12. The average molecular weight is 222 g/mol. The lowest BCUT2D eigenvalue weighted by atomic mass is 10.2. The summed E-state index contributed by atoms with van der Waals surface area (Å²) in [5, 5.41) is 0. The minimum absolute atomic E-state index is 0.709. The highest BCUT2D eigenvalue weighted by atomic mass is 19.4. The number of ether oxygens (including phenoxy) is 2. The molecule has 8 heteroatoms. The standard InChI is InChI=1S/C6H4F6O2/c1-3-2-13-4(14-3,5(7,8)9)6(10,11)12/h1-2H2. The Bertz CT molecular complexity index is 238. The smallest absolute Gasteiger partial charge is 0.449 e. The summed E-state index contributed by atoms with van der Waals surface area (Å²) in [5.41, 5.74) is 0. The van der Waals surface area contributed by atoms with Crippen molar-refractivity contribution in [3.63, 3.8) is 0 Å². The van der Waals surface area contributed by atoms with Crippen molar-refractivity contribution in [2.24, 2.45) is 0 Å². The van der Waals surface area contributed by atoms with Crippen LogP contribution in [0, 0.1) is 0 Å². The molecule has 0 radical (unpaired) electrons. The molecule has 0 atom stereocenters. The molecular formula is C6H4F6O2. The highest BCUT2D eigenvalue weighted by Gasteiger charge is 2.77. The molecule has 0 N–H and O–H groups in total. The number of halogens is 6. The maximum absolute atomic E-state index is 12.1. The normalized spacial score (nSPS) is 22.3. The van der Waals surface area contributed by atoms with Crippen LogP contribution in [0.3, 0.4) is 0 Å². The van der Waals surface area contributed by atoms with Crippen LogP contribution in [0.2, 0.25) is 0 Å². The van der Waals surface area contributed by atoms with E-state index in [9.17, 15) is 26.3 Å². The molecule has 0 spiro atoms. The predicted molar refractivity (Wildman–Crippen MR) is 31.0 cm³/mol. The molecule has 0 aromatic heterocycles. The minimum atomic E-state index is -5.69. The first-order valence-corrected chi connectivity index (χ1v) is 3.24. The van der Waals surface area contributed by atoms with Crippen molar-refractivity contribution < 1.29 is 35.8 Å². The van der Waals surface area contributed by atoms with Crippen LogP contribution in [-0.4, -0.2) is 24.7 Å². The van der Waals surface area contributed by atoms with Gasteiger partial charge < -0.3 is 9.47 Å². The van der Waals surface area contributed by atoms with E-state index < -0.39 is 30.5 Å². The summed E-state index contributed by atoms with van der Waals surface area (Å²) >= 11 is 0. The molecule has 1 rings (SSSR count). The van der Waals surface area contributed by atoms with Crippen molar-refractivity contribution in [3.8, 4) is 0 Å². The van der Waals surface area contributed by atoms with Gasteiger partial charge in [-0.15, -0.1) is 0 Å². The minimum Gasteiger partial charge on any atom is -0.449 e. The maximum atomic E-state index is 12.1. The second kappa shape index (κ2) is 2.78. The summed E-state index contributed by atoms with van der Waals surface area (Å²) in [7, 11) is 0. The van der Waals surface area contributed by atoms with E-state index >= 15 is 0 Å². The lowest BCUT2D eigenvalue weighted by molar-refractivity contribution is -0.436. The van der Waals surface area contributed by atoms with E-state index in [2.05, 4.69) is 16.1 Å². The third-order valence-corrected chi connectivity index (χ3v) is 1.47. The van der Waals surface area contributed by atoms with E-state index in [4.69, 9.17) is 0 Å². The van der Waals surface area contributed by atoms with Gasteiger partial charge in [0.05, 0.1) is 0 Å². The van der Waals surface area contributed by atoms with E-state index in [1.807, 2.05) is 0 Å². The highest BCUT2D eigenvalue weighted by Crippen LogP contribution is 2.50. The molecule has 1 aliphatic rings. The van der Waals surface area contributed by atoms with Crippen LogP contribution in [-0.2, 0) is 9.47 Å². The number of alkyl halides is 6. The molecule has 1 aliphatic heterocycles. The van der Waals surface area contributed by atoms with Gasteiger partial charge in [-0.2, -0.15) is 26.3 Å². The van der Waals surface area contributed by atoms with Gasteiger partial charge in [0.15, 0.2) is 0 Å². The summed E-state index contributed by atoms with van der Waals surface area (Å²) in [6.45, 7) is 1.90. The van der Waals surface area contributed by atoms with Crippen LogP contribution in [0.15, 0.2) is 12.3 Å². The van der Waals surface area contributed by atoms with Gasteiger partial charge in [-0.25, -0.2) is 0 Å². The molecule has 1 saturated heterocycles. The Kier molecular flexibility index (Phi) is 2.22. The van der Waals surface area contributed by atoms with Crippen LogP contribution < -0.4 is 0 Å². The number of rotatable bonds is 0. The van der Waals surface area contributed by atoms with E-state index in [-0.39, 0.29) is 0 Å². The summed E-state index contributed by atoms with van der Waals surface area (Å²) in [6.07, 6.45) is -11.4. The summed E-state index contributed by atoms with van der Waals surface area (Å²) < 4.78 is 79.7. The largest absolute Gasteiger partial charge is 0.465 e. The molecule has 2 nitrogen and oxygen atoms in total. The fraction of sp³-hybridized carbons (Fsp3) is 0.667. The molecule has 0 aromatic carbocycles. The van der Waals surface area contributed by atoms with E-state index in [0.29, 0.717) is 0 Å². The lowest BCUT2D eigenvalue weighted by Gasteiger charge is -2.30. The van der Waals surface area contributed by atoms with Crippen molar-refractivity contribution >= 4 is 0 Å². The van der Waals surface area contributed by atoms with Crippen molar-refractivity contribution in [1.82, 2.24) is 0 Å². The van der Waals surface area contributed by atoms with Crippen LogP contribution >= 0.6 is 0 Å². The molecule has 0 bridgehead atoms. The van der Waals surface area contributed by atoms with Crippen molar-refractivity contribution in [1.29, 1.82) is 0 Å². The van der Waals surface area contributed by atoms with Crippen molar-refractivity contribution in [2.45, 2.75) is 18.1 Å². The number of hydrogen-bond acceptors (Lipinski definition) is 2. The zero-order chi connectivity index (χ0) is 11.2. The van der Waals surface area contributed by atoms with Crippen LogP contribution in [0.5, 0.6) is 0 Å². The van der Waals surface area contributed by atoms with Gasteiger partial charge >= 0.3 is 18.1 Å². The summed E-state index contributed by atoms with van der Waals surface area (Å²) in [5.74, 6) is -5.27. The molecule has 0 unspecified atom stereocenters. The molecule has 1 heterocycles. The molecular weight excluding hydrogens is 218 g/mol. The highest BCUT2D eigenvalue weighted by molar-refractivity contribution is 5.00. The van der Waals surface area contributed by atoms with Gasteiger partial charge in [-0.05, 0) is 0 Å². The second-order valence-corrected chi connectivity index (χ2v) is 2.54. The monoisotopic (exact) mass is 222 g/mol. The molecule has 14 heavy (non-hydrogen) atoms. The summed E-state index contributed by atoms with van der Waals surface area (Å²) in [4.78, 5) is 0. The predicted octanol–water partition coefficient (Wildman–Crippen LogP) is 2.37. The van der Waals surface area contributed by atoms with Gasteiger partial charge in [0.25, 0.3) is 0 Å². The van der Waals surface area contributed by atoms with Gasteiger partial charge in [-0.1, -0.05) is 6.58 Å². The zero-order valence-electron chi connectivity index (χ0n) is 6.50. The SMILES string of the molecule is C=C1COC(C(F)(F)F)(C(F)(F)F)O1. The first kappa shape index (κ1) is 11.2. The van der Waals surface area contributed by atoms with Crippen molar-refractivity contribution in [3.05, 3.63) is 12.3 Å². The molecule has 0 amide bonds. The van der Waals surface area contributed by atoms with Gasteiger partial charge in [0, 0.05) is 0 Å². The van der Waals surface area contributed by atoms with E-state index in [0.717, 1.165) is 0 Å². The first-order chi connectivity index (χ1) is 6.10. The van der Waals surface area contributed by atoms with Gasteiger partial charge in [0.1, 0.15) is 12.4 Å². The molecule has 0 aliphatic carbocycles. The van der Waals surface area contributed by atoms with Crippen LogP contribution in [0.4, 0.5) is 26.3 Å². The maximum Gasteiger partial charge on any atom is 0.465 e. The molecule has 1 fully saturated rings. The van der Waals surface area contributed by atoms with Crippen LogP contribution in [0.25, 0.3) is 0 Å². The Labute approximate surface area is 74.1 Å². The van der Waals surface area contributed by atoms with E-state index in [1.54, 1.807) is 0 Å². The van der Waals surface area contributed by atoms with Gasteiger partial charge in [0.2, 0.25) is 0 Å². The average Bonchev–Trinajstić information content (AvgIpc) is 2.28. The van der Waals surface area contributed by atoms with Gasteiger partial charge in [-0.3, -0.25) is 0 Å². The van der Waals surface area contributed by atoms with Crippen LogP contribution in [0.1, 0.15) is 0 Å². The lowest BCUT2D eigenvalue weighted by Crippen LogP contribution is -2.57. The van der Waals surface area contributed by atoms with Crippen molar-refractivity contribution in [2.75, 3.05) is 6.61 Å². The Hall–Kier alpha value is -0.920. The summed E-state index contributed by atoms with van der Waals surface area (Å²) in [6, 6.07) is 0. The zero-order valence-corrected chi connectivity index (χ0v) is 6.50. The molecule has 82 valence electrons. The quantitative estimate of drug-likeness (QED) is 0.586. The topological polar surface area (TPSA) is 18.5 Å². The fourth-order valence-corrected chi connectivity index (χ4v) is 0.884.